The smallest absolute Gasteiger partial charge is 0.0381 e. The van der Waals surface area contributed by atoms with Crippen molar-refractivity contribution in [2.24, 2.45) is 5.41 Å². The molecule has 2 nitrogen and oxygen atoms in total. The van der Waals surface area contributed by atoms with Crippen molar-refractivity contribution in [3.63, 3.8) is 0 Å². The van der Waals surface area contributed by atoms with Gasteiger partial charge in [-0.1, -0.05) is 51.1 Å². The van der Waals surface area contributed by atoms with E-state index in [1.807, 2.05) is 0 Å². The van der Waals surface area contributed by atoms with E-state index in [9.17, 15) is 0 Å². The molecule has 0 spiro atoms. The molecule has 1 N–H and O–H groups in total. The summed E-state index contributed by atoms with van der Waals surface area (Å²) in [6.45, 7) is 9.48. The monoisotopic (exact) mass is 274 g/mol. The minimum Gasteiger partial charge on any atom is -0.313 e. The van der Waals surface area contributed by atoms with Crippen molar-refractivity contribution < 1.29 is 0 Å². The molecule has 0 bridgehead atoms. The van der Waals surface area contributed by atoms with Crippen LogP contribution in [0.5, 0.6) is 0 Å². The molecular weight excluding hydrogens is 244 g/mol. The highest BCUT2D eigenvalue weighted by Gasteiger charge is 2.36. The topological polar surface area (TPSA) is 15.3 Å². The fraction of sp³-hybridized carbons (Fsp3) is 0.667. The van der Waals surface area contributed by atoms with Gasteiger partial charge in [-0.15, -0.1) is 0 Å². The highest BCUT2D eigenvalue weighted by atomic mass is 15.2. The van der Waals surface area contributed by atoms with Crippen molar-refractivity contribution in [3.05, 3.63) is 35.9 Å². The maximum atomic E-state index is 3.54. The summed E-state index contributed by atoms with van der Waals surface area (Å²) in [4.78, 5) is 2.70. The molecule has 0 amide bonds. The van der Waals surface area contributed by atoms with Gasteiger partial charge in [-0.3, -0.25) is 4.90 Å². The molecule has 1 aromatic rings. The van der Waals surface area contributed by atoms with E-state index in [0.717, 1.165) is 6.04 Å². The number of nitrogens with one attached hydrogen (secondary N) is 1. The first kappa shape index (κ1) is 15.5. The number of hydrogen-bond acceptors (Lipinski definition) is 2. The number of rotatable bonds is 8. The Morgan fingerprint density at radius 1 is 1.25 bits per heavy atom. The van der Waals surface area contributed by atoms with Crippen LogP contribution in [0.4, 0.5) is 0 Å². The van der Waals surface area contributed by atoms with E-state index in [1.54, 1.807) is 0 Å². The third-order valence-corrected chi connectivity index (χ3v) is 4.39. The molecule has 0 radical (unpaired) electrons. The Balaban J connectivity index is 2.10. The third-order valence-electron chi connectivity index (χ3n) is 4.39. The van der Waals surface area contributed by atoms with Crippen LogP contribution < -0.4 is 5.32 Å². The van der Waals surface area contributed by atoms with Crippen LogP contribution in [0.3, 0.4) is 0 Å². The van der Waals surface area contributed by atoms with E-state index in [4.69, 9.17) is 0 Å². The van der Waals surface area contributed by atoms with Gasteiger partial charge in [-0.2, -0.15) is 0 Å². The Labute approximate surface area is 124 Å². The molecule has 0 heterocycles. The molecule has 1 atom stereocenters. The lowest BCUT2D eigenvalue weighted by Crippen LogP contribution is -2.43. The summed E-state index contributed by atoms with van der Waals surface area (Å²) in [5.41, 5.74) is 1.63. The van der Waals surface area contributed by atoms with Crippen molar-refractivity contribution in [1.82, 2.24) is 10.2 Å². The quantitative estimate of drug-likeness (QED) is 0.774. The predicted molar refractivity (Wildman–Crippen MR) is 86.9 cm³/mol. The zero-order valence-corrected chi connectivity index (χ0v) is 13.5. The first-order valence-corrected chi connectivity index (χ1v) is 8.04. The molecule has 2 rings (SSSR count). The average molecular weight is 274 g/mol. The zero-order chi connectivity index (χ0) is 14.6. The maximum Gasteiger partial charge on any atom is 0.0381 e. The average Bonchev–Trinajstić information content (AvgIpc) is 3.24. The molecule has 112 valence electrons. The summed E-state index contributed by atoms with van der Waals surface area (Å²) in [5, 5.41) is 3.54. The first-order valence-electron chi connectivity index (χ1n) is 8.04. The number of benzene rings is 1. The molecule has 0 saturated heterocycles. The van der Waals surface area contributed by atoms with E-state index in [0.29, 0.717) is 6.04 Å². The van der Waals surface area contributed by atoms with Crippen LogP contribution >= 0.6 is 0 Å². The van der Waals surface area contributed by atoms with E-state index in [1.165, 1.54) is 37.9 Å². The minimum atomic E-state index is 0.230. The summed E-state index contributed by atoms with van der Waals surface area (Å²) < 4.78 is 0. The van der Waals surface area contributed by atoms with Gasteiger partial charge >= 0.3 is 0 Å². The zero-order valence-electron chi connectivity index (χ0n) is 13.5. The SMILES string of the molecule is CCCN(CC(C)(C)C(NC)c1ccccc1)C1CC1. The largest absolute Gasteiger partial charge is 0.313 e. The van der Waals surface area contributed by atoms with Gasteiger partial charge in [0.25, 0.3) is 0 Å². The van der Waals surface area contributed by atoms with E-state index in [2.05, 4.69) is 68.4 Å². The second-order valence-electron chi connectivity index (χ2n) is 6.82. The standard InChI is InChI=1S/C18H30N2/c1-5-13-20(16-11-12-16)14-18(2,3)17(19-4)15-9-7-6-8-10-15/h6-10,16-17,19H,5,11-14H2,1-4H3. The summed E-state index contributed by atoms with van der Waals surface area (Å²) >= 11 is 0. The van der Waals surface area contributed by atoms with Crippen LogP contribution in [0.25, 0.3) is 0 Å². The fourth-order valence-corrected chi connectivity index (χ4v) is 3.39. The second-order valence-corrected chi connectivity index (χ2v) is 6.82. The van der Waals surface area contributed by atoms with Crippen LogP contribution in [0.2, 0.25) is 0 Å². The number of nitrogens with zero attached hydrogens (tertiary/aromatic N) is 1. The van der Waals surface area contributed by atoms with E-state index >= 15 is 0 Å². The van der Waals surface area contributed by atoms with Crippen molar-refractivity contribution in [3.8, 4) is 0 Å². The molecule has 1 aliphatic rings. The molecule has 20 heavy (non-hydrogen) atoms. The Morgan fingerprint density at radius 3 is 2.40 bits per heavy atom. The molecule has 1 unspecified atom stereocenters. The summed E-state index contributed by atoms with van der Waals surface area (Å²) in [6.07, 6.45) is 4.04. The molecule has 1 saturated carbocycles. The van der Waals surface area contributed by atoms with Gasteiger partial charge in [0.1, 0.15) is 0 Å². The van der Waals surface area contributed by atoms with Gasteiger partial charge in [-0.25, -0.2) is 0 Å². The van der Waals surface area contributed by atoms with Gasteiger partial charge in [-0.05, 0) is 43.8 Å². The van der Waals surface area contributed by atoms with Crippen molar-refractivity contribution in [2.75, 3.05) is 20.1 Å². The van der Waals surface area contributed by atoms with E-state index in [-0.39, 0.29) is 5.41 Å². The second kappa shape index (κ2) is 6.73. The lowest BCUT2D eigenvalue weighted by Gasteiger charge is -2.39. The van der Waals surface area contributed by atoms with Crippen LogP contribution in [0, 0.1) is 5.41 Å². The lowest BCUT2D eigenvalue weighted by atomic mass is 9.80. The van der Waals surface area contributed by atoms with Crippen LogP contribution in [0.15, 0.2) is 30.3 Å². The van der Waals surface area contributed by atoms with Crippen molar-refractivity contribution in [2.45, 2.75) is 52.1 Å². The Hall–Kier alpha value is -0.860. The number of hydrogen-bond donors (Lipinski definition) is 1. The molecule has 1 fully saturated rings. The Kier molecular flexibility index (Phi) is 5.22. The van der Waals surface area contributed by atoms with Gasteiger partial charge in [0.2, 0.25) is 0 Å². The highest BCUT2D eigenvalue weighted by molar-refractivity contribution is 5.21. The first-order chi connectivity index (χ1) is 9.58. The van der Waals surface area contributed by atoms with Crippen LogP contribution in [-0.2, 0) is 0 Å². The molecule has 2 heteroatoms. The van der Waals surface area contributed by atoms with Crippen LogP contribution in [-0.4, -0.2) is 31.1 Å². The molecule has 1 aliphatic carbocycles. The van der Waals surface area contributed by atoms with E-state index < -0.39 is 0 Å². The van der Waals surface area contributed by atoms with Crippen LogP contribution in [0.1, 0.15) is 51.6 Å². The van der Waals surface area contributed by atoms with Gasteiger partial charge < -0.3 is 5.32 Å². The highest BCUT2D eigenvalue weighted by Crippen LogP contribution is 2.37. The Bertz CT molecular complexity index is 395. The van der Waals surface area contributed by atoms with Gasteiger partial charge in [0.15, 0.2) is 0 Å². The third kappa shape index (κ3) is 3.83. The minimum absolute atomic E-state index is 0.230. The summed E-state index contributed by atoms with van der Waals surface area (Å²) in [5.74, 6) is 0. The maximum absolute atomic E-state index is 3.54. The molecular formula is C18H30N2. The summed E-state index contributed by atoms with van der Waals surface area (Å²) in [6, 6.07) is 12.1. The van der Waals surface area contributed by atoms with Gasteiger partial charge in [0.05, 0.1) is 0 Å². The normalized spacial score (nSPS) is 17.4. The molecule has 0 aliphatic heterocycles. The fourth-order valence-electron chi connectivity index (χ4n) is 3.39. The van der Waals surface area contributed by atoms with Gasteiger partial charge in [0, 0.05) is 18.6 Å². The molecule has 0 aromatic heterocycles. The predicted octanol–water partition coefficient (Wildman–Crippen LogP) is 3.85. The van der Waals surface area contributed by atoms with Crippen molar-refractivity contribution in [1.29, 1.82) is 0 Å². The Morgan fingerprint density at radius 2 is 1.90 bits per heavy atom. The summed E-state index contributed by atoms with van der Waals surface area (Å²) in [7, 11) is 2.08. The van der Waals surface area contributed by atoms with Crippen molar-refractivity contribution >= 4 is 0 Å². The lowest BCUT2D eigenvalue weighted by molar-refractivity contribution is 0.133. The molecule has 1 aromatic carbocycles.